The van der Waals surface area contributed by atoms with Crippen molar-refractivity contribution in [3.8, 4) is 5.75 Å². The second kappa shape index (κ2) is 6.64. The number of amidine groups is 1. The summed E-state index contributed by atoms with van der Waals surface area (Å²) < 4.78 is 40.4. The largest absolute Gasteiger partial charge is 0.573 e. The molecule has 0 bridgehead atoms. The average Bonchev–Trinajstić information content (AvgIpc) is 2.82. The zero-order chi connectivity index (χ0) is 17.0. The molecule has 8 nitrogen and oxygen atoms in total. The lowest BCUT2D eigenvalue weighted by Gasteiger charge is -2.09. The van der Waals surface area contributed by atoms with Gasteiger partial charge < -0.3 is 10.1 Å². The number of rotatable bonds is 4. The number of halogens is 3. The minimum atomic E-state index is -5.06. The van der Waals surface area contributed by atoms with Crippen LogP contribution in [0.15, 0.2) is 28.4 Å². The molecule has 0 atom stereocenters. The molecule has 1 fully saturated rings. The third kappa shape index (κ3) is 4.67. The first-order chi connectivity index (χ1) is 10.8. The molecule has 1 aliphatic rings. The molecular formula is C11H7F3N4O4S. The topological polar surface area (TPSA) is 106 Å². The summed E-state index contributed by atoms with van der Waals surface area (Å²) in [7, 11) is 0. The highest BCUT2D eigenvalue weighted by Gasteiger charge is 2.35. The van der Waals surface area contributed by atoms with Crippen molar-refractivity contribution in [1.82, 2.24) is 5.32 Å². The molecule has 23 heavy (non-hydrogen) atoms. The molecule has 0 aliphatic carbocycles. The van der Waals surface area contributed by atoms with Gasteiger partial charge in [0.1, 0.15) is 0 Å². The molecule has 1 N–H and O–H groups in total. The number of alkyl halides is 3. The van der Waals surface area contributed by atoms with Crippen LogP contribution in [0.1, 0.15) is 5.56 Å². The number of nitrogens with zero attached hydrogens (tertiary/aromatic N) is 3. The number of nitrogens with one attached hydrogen (secondary N) is 1. The maximum Gasteiger partial charge on any atom is 0.573 e. The average molecular weight is 348 g/mol. The van der Waals surface area contributed by atoms with E-state index in [1.165, 1.54) is 6.07 Å². The van der Waals surface area contributed by atoms with E-state index in [0.717, 1.165) is 30.1 Å². The zero-order valence-corrected chi connectivity index (χ0v) is 11.8. The highest BCUT2D eigenvalue weighted by Crippen LogP contribution is 2.34. The molecule has 0 saturated carbocycles. The van der Waals surface area contributed by atoms with Crippen LogP contribution in [0, 0.1) is 10.1 Å². The molecule has 1 heterocycles. The van der Waals surface area contributed by atoms with Crippen molar-refractivity contribution in [3.63, 3.8) is 0 Å². The summed E-state index contributed by atoms with van der Waals surface area (Å²) in [5, 5.41) is 20.7. The van der Waals surface area contributed by atoms with Gasteiger partial charge in [-0.2, -0.15) is 5.10 Å². The lowest BCUT2D eigenvalue weighted by atomic mass is 10.2. The predicted molar refractivity (Wildman–Crippen MR) is 75.4 cm³/mol. The molecule has 1 saturated heterocycles. The van der Waals surface area contributed by atoms with Crippen LogP contribution < -0.4 is 10.1 Å². The minimum absolute atomic E-state index is 0.170. The Morgan fingerprint density at radius 1 is 1.43 bits per heavy atom. The summed E-state index contributed by atoms with van der Waals surface area (Å²) in [6, 6.07) is 3.15. The zero-order valence-electron chi connectivity index (χ0n) is 11.0. The van der Waals surface area contributed by atoms with E-state index >= 15 is 0 Å². The first-order valence-corrected chi connectivity index (χ1v) is 6.81. The number of amides is 1. The van der Waals surface area contributed by atoms with Gasteiger partial charge in [-0.3, -0.25) is 14.9 Å². The summed E-state index contributed by atoms with van der Waals surface area (Å²) in [6.07, 6.45) is -4.16. The summed E-state index contributed by atoms with van der Waals surface area (Å²) in [5.41, 5.74) is -1.12. The standard InChI is InChI=1S/C11H7F3N4O4S/c12-11(13,14)22-7-3-1-2-6(9(7)18(20)21)4-15-17-10-16-8(19)5-23-10/h1-4H,5H2,(H,16,17,19). The lowest BCUT2D eigenvalue weighted by Crippen LogP contribution is -2.19. The number of hydrogen-bond acceptors (Lipinski definition) is 7. The molecule has 2 rings (SSSR count). The summed E-state index contributed by atoms with van der Waals surface area (Å²) in [5.74, 6) is -1.05. The molecule has 12 heteroatoms. The summed E-state index contributed by atoms with van der Waals surface area (Å²) in [4.78, 5) is 20.9. The van der Waals surface area contributed by atoms with Gasteiger partial charge in [-0.15, -0.1) is 18.3 Å². The van der Waals surface area contributed by atoms with Crippen molar-refractivity contribution < 1.29 is 27.6 Å². The van der Waals surface area contributed by atoms with Crippen molar-refractivity contribution in [1.29, 1.82) is 0 Å². The van der Waals surface area contributed by atoms with Crippen molar-refractivity contribution in [2.45, 2.75) is 6.36 Å². The minimum Gasteiger partial charge on any atom is -0.398 e. The Bertz CT molecular complexity index is 705. The fraction of sp³-hybridized carbons (Fsp3) is 0.182. The summed E-state index contributed by atoms with van der Waals surface area (Å²) >= 11 is 1.08. The van der Waals surface area contributed by atoms with Crippen molar-refractivity contribution in [3.05, 3.63) is 33.9 Å². The fourth-order valence-corrected chi connectivity index (χ4v) is 2.20. The molecule has 1 amide bonds. The number of thioether (sulfide) groups is 1. The van der Waals surface area contributed by atoms with E-state index in [1.807, 2.05) is 0 Å². The maximum atomic E-state index is 12.3. The molecular weight excluding hydrogens is 341 g/mol. The Kier molecular flexibility index (Phi) is 4.83. The molecule has 1 aromatic rings. The van der Waals surface area contributed by atoms with Gasteiger partial charge >= 0.3 is 12.0 Å². The number of benzene rings is 1. The quantitative estimate of drug-likeness (QED) is 0.509. The predicted octanol–water partition coefficient (Wildman–Crippen LogP) is 2.05. The van der Waals surface area contributed by atoms with Crippen molar-refractivity contribution in [2.24, 2.45) is 10.2 Å². The molecule has 0 unspecified atom stereocenters. The van der Waals surface area contributed by atoms with E-state index in [4.69, 9.17) is 0 Å². The molecule has 1 aliphatic heterocycles. The number of hydrogen-bond donors (Lipinski definition) is 1. The third-order valence-corrected chi connectivity index (χ3v) is 3.23. The smallest absolute Gasteiger partial charge is 0.398 e. The number of nitro groups is 1. The monoisotopic (exact) mass is 348 g/mol. The molecule has 122 valence electrons. The highest BCUT2D eigenvalue weighted by atomic mass is 32.2. The second-order valence-corrected chi connectivity index (χ2v) is 4.95. The van der Waals surface area contributed by atoms with E-state index in [-0.39, 0.29) is 22.4 Å². The SMILES string of the molecule is O=C1CSC(=NN=Cc2cccc(OC(F)(F)F)c2[N+](=O)[O-])N1. The van der Waals surface area contributed by atoms with Gasteiger partial charge in [0.25, 0.3) is 0 Å². The number of nitro benzene ring substituents is 1. The van der Waals surface area contributed by atoms with Gasteiger partial charge in [0.15, 0.2) is 5.17 Å². The first kappa shape index (κ1) is 16.7. The lowest BCUT2D eigenvalue weighted by molar-refractivity contribution is -0.388. The maximum absolute atomic E-state index is 12.3. The number of para-hydroxylation sites is 1. The van der Waals surface area contributed by atoms with Crippen LogP contribution in [0.25, 0.3) is 0 Å². The van der Waals surface area contributed by atoms with E-state index in [0.29, 0.717) is 0 Å². The fourth-order valence-electron chi connectivity index (χ4n) is 1.57. The van der Waals surface area contributed by atoms with Crippen LogP contribution in [0.2, 0.25) is 0 Å². The van der Waals surface area contributed by atoms with Gasteiger partial charge in [-0.05, 0) is 12.1 Å². The van der Waals surface area contributed by atoms with Crippen LogP contribution >= 0.6 is 11.8 Å². The Balaban J connectivity index is 2.29. The van der Waals surface area contributed by atoms with Crippen LogP contribution in [0.3, 0.4) is 0 Å². The Morgan fingerprint density at radius 3 is 2.74 bits per heavy atom. The third-order valence-electron chi connectivity index (χ3n) is 2.37. The summed E-state index contributed by atoms with van der Waals surface area (Å²) in [6.45, 7) is 0. The first-order valence-electron chi connectivity index (χ1n) is 5.83. The molecule has 0 spiro atoms. The van der Waals surface area contributed by atoms with Crippen LogP contribution in [0.5, 0.6) is 5.75 Å². The van der Waals surface area contributed by atoms with E-state index in [9.17, 15) is 28.1 Å². The Labute approximate surface area is 130 Å². The second-order valence-electron chi connectivity index (χ2n) is 3.99. The van der Waals surface area contributed by atoms with Gasteiger partial charge in [0.05, 0.1) is 22.5 Å². The molecule has 1 aromatic carbocycles. The van der Waals surface area contributed by atoms with Gasteiger partial charge in [-0.1, -0.05) is 17.8 Å². The Hall–Kier alpha value is -2.63. The molecule has 0 aromatic heterocycles. The van der Waals surface area contributed by atoms with Crippen molar-refractivity contribution >= 4 is 34.7 Å². The van der Waals surface area contributed by atoms with Gasteiger partial charge in [0, 0.05) is 0 Å². The number of carbonyl (C=O) groups excluding carboxylic acids is 1. The van der Waals surface area contributed by atoms with Crippen LogP contribution in [-0.4, -0.2) is 34.3 Å². The Morgan fingerprint density at radius 2 is 2.17 bits per heavy atom. The highest BCUT2D eigenvalue weighted by molar-refractivity contribution is 8.15. The van der Waals surface area contributed by atoms with Gasteiger partial charge in [-0.25, -0.2) is 0 Å². The normalized spacial score (nSPS) is 16.8. The van der Waals surface area contributed by atoms with Crippen LogP contribution in [-0.2, 0) is 4.79 Å². The van der Waals surface area contributed by atoms with E-state index in [1.54, 1.807) is 0 Å². The van der Waals surface area contributed by atoms with Crippen molar-refractivity contribution in [2.75, 3.05) is 5.75 Å². The van der Waals surface area contributed by atoms with E-state index < -0.39 is 22.7 Å². The molecule has 0 radical (unpaired) electrons. The van der Waals surface area contributed by atoms with E-state index in [2.05, 4.69) is 20.3 Å². The van der Waals surface area contributed by atoms with Gasteiger partial charge in [0.2, 0.25) is 11.7 Å². The number of ether oxygens (including phenoxy) is 1. The van der Waals surface area contributed by atoms with Crippen LogP contribution in [0.4, 0.5) is 18.9 Å². The number of carbonyl (C=O) groups is 1.